The van der Waals surface area contributed by atoms with Crippen LogP contribution in [0.2, 0.25) is 0 Å². The predicted octanol–water partition coefficient (Wildman–Crippen LogP) is 4.82. The summed E-state index contributed by atoms with van der Waals surface area (Å²) in [5.74, 6) is 0.832. The van der Waals surface area contributed by atoms with Crippen molar-refractivity contribution in [3.05, 3.63) is 89.5 Å². The first-order valence-electron chi connectivity index (χ1n) is 7.52. The molecule has 0 radical (unpaired) electrons. The topological polar surface area (TPSA) is 33.0 Å². The molecule has 3 rings (SSSR count). The van der Waals surface area contributed by atoms with E-state index >= 15 is 0 Å². The lowest BCUT2D eigenvalue weighted by Crippen LogP contribution is -1.98. The average Bonchev–Trinajstić information content (AvgIpc) is 2.62. The van der Waals surface area contributed by atoms with E-state index in [2.05, 4.69) is 18.2 Å². The fourth-order valence-electron chi connectivity index (χ4n) is 2.77. The molecule has 0 bridgehead atoms. The number of methoxy groups -OCH3 is 1. The normalized spacial score (nSPS) is 10.1. The van der Waals surface area contributed by atoms with Crippen molar-refractivity contribution in [3.63, 3.8) is 0 Å². The van der Waals surface area contributed by atoms with Crippen LogP contribution in [0, 0.1) is 11.3 Å². The first kappa shape index (κ1) is 14.9. The Morgan fingerprint density at radius 3 is 2.17 bits per heavy atom. The number of benzene rings is 3. The van der Waals surface area contributed by atoms with Crippen molar-refractivity contribution < 1.29 is 4.74 Å². The maximum Gasteiger partial charge on any atom is 0.130 e. The van der Waals surface area contributed by atoms with Crippen LogP contribution in [0.15, 0.2) is 72.8 Å². The van der Waals surface area contributed by atoms with Gasteiger partial charge in [0.05, 0.1) is 18.7 Å². The van der Waals surface area contributed by atoms with Crippen molar-refractivity contribution in [2.45, 2.75) is 6.42 Å². The number of hydrogen-bond acceptors (Lipinski definition) is 2. The van der Waals surface area contributed by atoms with Crippen molar-refractivity contribution in [1.82, 2.24) is 0 Å². The molecule has 0 aliphatic carbocycles. The molecule has 0 aliphatic rings. The van der Waals surface area contributed by atoms with Crippen LogP contribution in [0.4, 0.5) is 0 Å². The van der Waals surface area contributed by atoms with Crippen LogP contribution in [0.3, 0.4) is 0 Å². The SMILES string of the molecule is COc1c(Cc2ccccc2)cc(C#N)cc1-c1ccccc1. The van der Waals surface area contributed by atoms with Crippen LogP contribution in [-0.2, 0) is 6.42 Å². The molecule has 3 aromatic rings. The van der Waals surface area contributed by atoms with E-state index in [1.54, 1.807) is 7.11 Å². The van der Waals surface area contributed by atoms with Gasteiger partial charge in [0.15, 0.2) is 0 Å². The third-order valence-corrected chi connectivity index (χ3v) is 3.82. The zero-order chi connectivity index (χ0) is 16.1. The molecule has 0 spiro atoms. The molecular formula is C21H17NO. The van der Waals surface area contributed by atoms with Gasteiger partial charge < -0.3 is 4.74 Å². The lowest BCUT2D eigenvalue weighted by molar-refractivity contribution is 0.412. The number of nitrogens with zero attached hydrogens (tertiary/aromatic N) is 1. The quantitative estimate of drug-likeness (QED) is 0.691. The molecule has 0 amide bonds. The molecule has 2 nitrogen and oxygen atoms in total. The second kappa shape index (κ2) is 6.81. The van der Waals surface area contributed by atoms with Gasteiger partial charge in [-0.2, -0.15) is 5.26 Å². The lowest BCUT2D eigenvalue weighted by Gasteiger charge is -2.15. The van der Waals surface area contributed by atoms with E-state index in [4.69, 9.17) is 4.74 Å². The monoisotopic (exact) mass is 299 g/mol. The van der Waals surface area contributed by atoms with Gasteiger partial charge in [-0.25, -0.2) is 0 Å². The molecule has 2 heteroatoms. The standard InChI is InChI=1S/C21H17NO/c1-23-21-19(12-16-8-4-2-5-9-16)13-17(15-22)14-20(21)18-10-6-3-7-11-18/h2-11,13-14H,12H2,1H3. The minimum Gasteiger partial charge on any atom is -0.496 e. The Morgan fingerprint density at radius 1 is 0.913 bits per heavy atom. The Kier molecular flexibility index (Phi) is 4.40. The van der Waals surface area contributed by atoms with Crippen molar-refractivity contribution in [2.24, 2.45) is 0 Å². The summed E-state index contributed by atoms with van der Waals surface area (Å²) in [5.41, 5.74) is 4.88. The van der Waals surface area contributed by atoms with Gasteiger partial charge in [-0.15, -0.1) is 0 Å². The minimum atomic E-state index is 0.649. The molecule has 112 valence electrons. The molecule has 0 saturated carbocycles. The summed E-state index contributed by atoms with van der Waals surface area (Å²) < 4.78 is 5.69. The largest absolute Gasteiger partial charge is 0.496 e. The first-order chi connectivity index (χ1) is 11.3. The van der Waals surface area contributed by atoms with Gasteiger partial charge in [0.1, 0.15) is 5.75 Å². The highest BCUT2D eigenvalue weighted by atomic mass is 16.5. The maximum absolute atomic E-state index is 9.37. The third kappa shape index (κ3) is 3.25. The molecule has 0 heterocycles. The predicted molar refractivity (Wildman–Crippen MR) is 92.4 cm³/mol. The number of ether oxygens (including phenoxy) is 1. The summed E-state index contributed by atoms with van der Waals surface area (Å²) in [6, 6.07) is 26.3. The molecule has 0 saturated heterocycles. The fourth-order valence-corrected chi connectivity index (χ4v) is 2.77. The number of rotatable bonds is 4. The van der Waals surface area contributed by atoms with Crippen LogP contribution in [0.25, 0.3) is 11.1 Å². The zero-order valence-corrected chi connectivity index (χ0v) is 13.0. The molecule has 0 aliphatic heterocycles. The van der Waals surface area contributed by atoms with Crippen LogP contribution in [0.5, 0.6) is 5.75 Å². The zero-order valence-electron chi connectivity index (χ0n) is 13.0. The Bertz CT molecular complexity index is 833. The molecule has 0 aromatic heterocycles. The molecule has 3 aromatic carbocycles. The molecule has 0 atom stereocenters. The molecule has 0 unspecified atom stereocenters. The van der Waals surface area contributed by atoms with Crippen molar-refractivity contribution in [3.8, 4) is 22.9 Å². The second-order valence-corrected chi connectivity index (χ2v) is 5.36. The van der Waals surface area contributed by atoms with E-state index in [1.807, 2.05) is 60.7 Å². The Hall–Kier alpha value is -3.05. The van der Waals surface area contributed by atoms with E-state index in [9.17, 15) is 5.26 Å². The summed E-state index contributed by atoms with van der Waals surface area (Å²) in [5, 5.41) is 9.37. The Balaban J connectivity index is 2.14. The van der Waals surface area contributed by atoms with Gasteiger partial charge in [-0.05, 0) is 23.3 Å². The number of nitriles is 1. The van der Waals surface area contributed by atoms with Gasteiger partial charge >= 0.3 is 0 Å². The summed E-state index contributed by atoms with van der Waals surface area (Å²) in [6.07, 6.45) is 0.735. The van der Waals surface area contributed by atoms with E-state index in [1.165, 1.54) is 5.56 Å². The van der Waals surface area contributed by atoms with Gasteiger partial charge in [-0.1, -0.05) is 60.7 Å². The van der Waals surface area contributed by atoms with Gasteiger partial charge in [0.2, 0.25) is 0 Å². The third-order valence-electron chi connectivity index (χ3n) is 3.82. The molecule has 0 N–H and O–H groups in total. The van der Waals surface area contributed by atoms with E-state index in [-0.39, 0.29) is 0 Å². The highest BCUT2D eigenvalue weighted by Crippen LogP contribution is 2.35. The second-order valence-electron chi connectivity index (χ2n) is 5.36. The molecule has 23 heavy (non-hydrogen) atoms. The van der Waals surface area contributed by atoms with Crippen LogP contribution < -0.4 is 4.74 Å². The summed E-state index contributed by atoms with van der Waals surface area (Å²) in [4.78, 5) is 0. The van der Waals surface area contributed by atoms with Crippen LogP contribution in [-0.4, -0.2) is 7.11 Å². The highest BCUT2D eigenvalue weighted by Gasteiger charge is 2.13. The van der Waals surface area contributed by atoms with Gasteiger partial charge in [-0.3, -0.25) is 0 Å². The van der Waals surface area contributed by atoms with Gasteiger partial charge in [0.25, 0.3) is 0 Å². The summed E-state index contributed by atoms with van der Waals surface area (Å²) >= 11 is 0. The minimum absolute atomic E-state index is 0.649. The van der Waals surface area contributed by atoms with Crippen molar-refractivity contribution >= 4 is 0 Å². The van der Waals surface area contributed by atoms with Crippen molar-refractivity contribution in [1.29, 1.82) is 5.26 Å². The summed E-state index contributed by atoms with van der Waals surface area (Å²) in [7, 11) is 1.68. The van der Waals surface area contributed by atoms with Crippen LogP contribution in [0.1, 0.15) is 16.7 Å². The summed E-state index contributed by atoms with van der Waals surface area (Å²) in [6.45, 7) is 0. The first-order valence-corrected chi connectivity index (χ1v) is 7.52. The maximum atomic E-state index is 9.37. The fraction of sp³-hybridized carbons (Fsp3) is 0.0952. The smallest absolute Gasteiger partial charge is 0.130 e. The van der Waals surface area contributed by atoms with E-state index < -0.39 is 0 Å². The van der Waals surface area contributed by atoms with E-state index in [0.717, 1.165) is 28.9 Å². The number of hydrogen-bond donors (Lipinski definition) is 0. The van der Waals surface area contributed by atoms with Crippen molar-refractivity contribution in [2.75, 3.05) is 7.11 Å². The Morgan fingerprint density at radius 2 is 1.57 bits per heavy atom. The average molecular weight is 299 g/mol. The highest BCUT2D eigenvalue weighted by molar-refractivity contribution is 5.74. The Labute approximate surface area is 136 Å². The molecular weight excluding hydrogens is 282 g/mol. The lowest BCUT2D eigenvalue weighted by atomic mass is 9.95. The van der Waals surface area contributed by atoms with E-state index in [0.29, 0.717) is 5.56 Å². The van der Waals surface area contributed by atoms with Gasteiger partial charge in [0, 0.05) is 17.5 Å². The van der Waals surface area contributed by atoms with Crippen LogP contribution >= 0.6 is 0 Å². The molecule has 0 fully saturated rings.